The smallest absolute Gasteiger partial charge is 0.162 e. The van der Waals surface area contributed by atoms with Crippen molar-refractivity contribution in [3.8, 4) is 56.2 Å². The summed E-state index contributed by atoms with van der Waals surface area (Å²) in [5, 5.41) is 10.3. The fourth-order valence-electron chi connectivity index (χ4n) is 8.14. The zero-order chi connectivity index (χ0) is 34.9. The van der Waals surface area contributed by atoms with Gasteiger partial charge in [0.15, 0.2) is 5.82 Å². The van der Waals surface area contributed by atoms with Crippen LogP contribution in [0.15, 0.2) is 182 Å². The highest BCUT2D eigenvalue weighted by Gasteiger charge is 2.21. The van der Waals surface area contributed by atoms with Crippen LogP contribution in [0.1, 0.15) is 0 Å². The van der Waals surface area contributed by atoms with E-state index in [1.165, 1.54) is 63.6 Å². The Morgan fingerprint density at radius 2 is 0.906 bits per heavy atom. The summed E-state index contributed by atoms with van der Waals surface area (Å²) in [5.74, 6) is 0.730. The number of thiophene rings is 1. The average molecular weight is 691 g/mol. The average Bonchev–Trinajstić information content (AvgIpc) is 3.62. The molecule has 11 aromatic rings. The van der Waals surface area contributed by atoms with Gasteiger partial charge in [0.2, 0.25) is 0 Å². The summed E-state index contributed by atoms with van der Waals surface area (Å²) < 4.78 is 2.46. The normalized spacial score (nSPS) is 11.8. The summed E-state index contributed by atoms with van der Waals surface area (Å²) >= 11 is 1.82. The van der Waals surface area contributed by atoms with Crippen LogP contribution >= 0.6 is 11.3 Å². The molecule has 53 heavy (non-hydrogen) atoms. The van der Waals surface area contributed by atoms with E-state index < -0.39 is 0 Å². The summed E-state index contributed by atoms with van der Waals surface area (Å²) in [5.41, 5.74) is 9.71. The van der Waals surface area contributed by atoms with Crippen LogP contribution < -0.4 is 0 Å². The van der Waals surface area contributed by atoms with E-state index in [-0.39, 0.29) is 0 Å². The van der Waals surface area contributed by atoms with Crippen LogP contribution in [0.2, 0.25) is 0 Å². The lowest BCUT2D eigenvalue weighted by Gasteiger charge is -2.16. The highest BCUT2D eigenvalue weighted by atomic mass is 32.1. The van der Waals surface area contributed by atoms with Gasteiger partial charge in [-0.1, -0.05) is 170 Å². The van der Waals surface area contributed by atoms with E-state index in [0.717, 1.165) is 45.0 Å². The van der Waals surface area contributed by atoms with Crippen molar-refractivity contribution in [2.75, 3.05) is 0 Å². The molecule has 0 atom stereocenters. The predicted molar refractivity (Wildman–Crippen MR) is 226 cm³/mol. The molecule has 0 bridgehead atoms. The zero-order valence-corrected chi connectivity index (χ0v) is 29.4. The van der Waals surface area contributed by atoms with Gasteiger partial charge in [0.25, 0.3) is 0 Å². The Morgan fingerprint density at radius 3 is 1.60 bits per heavy atom. The molecule has 0 amide bonds. The van der Waals surface area contributed by atoms with E-state index in [1.54, 1.807) is 0 Å². The second kappa shape index (κ2) is 11.9. The molecule has 0 fully saturated rings. The highest BCUT2D eigenvalue weighted by molar-refractivity contribution is 7.26. The lowest BCUT2D eigenvalue weighted by Crippen LogP contribution is -1.98. The highest BCUT2D eigenvalue weighted by Crippen LogP contribution is 2.46. The molecule has 2 aromatic heterocycles. The summed E-state index contributed by atoms with van der Waals surface area (Å²) in [6, 6.07) is 65.5. The largest absolute Gasteiger partial charge is 0.228 e. The third-order valence-electron chi connectivity index (χ3n) is 10.7. The Morgan fingerprint density at radius 1 is 0.358 bits per heavy atom. The number of rotatable bonds is 5. The van der Waals surface area contributed by atoms with Gasteiger partial charge in [-0.25, -0.2) is 9.97 Å². The number of hydrogen-bond donors (Lipinski definition) is 0. The van der Waals surface area contributed by atoms with Crippen LogP contribution in [0, 0.1) is 0 Å². The number of nitrogens with zero attached hydrogens (tertiary/aromatic N) is 2. The van der Waals surface area contributed by atoms with Crippen LogP contribution in [0.25, 0.3) is 109 Å². The summed E-state index contributed by atoms with van der Waals surface area (Å²) in [7, 11) is 0. The predicted octanol–water partition coefficient (Wildman–Crippen LogP) is 14.1. The topological polar surface area (TPSA) is 25.8 Å². The number of hydrogen-bond acceptors (Lipinski definition) is 3. The van der Waals surface area contributed by atoms with Crippen molar-refractivity contribution in [2.45, 2.75) is 0 Å². The Bertz CT molecular complexity index is 3070. The summed E-state index contributed by atoms with van der Waals surface area (Å²) in [4.78, 5) is 10.7. The van der Waals surface area contributed by atoms with E-state index in [1.807, 2.05) is 23.5 Å². The van der Waals surface area contributed by atoms with Gasteiger partial charge >= 0.3 is 0 Å². The molecule has 11 rings (SSSR count). The fourth-order valence-corrected chi connectivity index (χ4v) is 9.39. The molecule has 0 aliphatic rings. The molecule has 0 N–H and O–H groups in total. The molecule has 9 aromatic carbocycles. The quantitative estimate of drug-likeness (QED) is 0.168. The maximum atomic E-state index is 5.34. The van der Waals surface area contributed by atoms with Gasteiger partial charge in [-0.15, -0.1) is 11.3 Å². The first-order valence-electron chi connectivity index (χ1n) is 18.0. The molecular formula is C50H30N2S. The Labute approximate surface area is 310 Å². The number of aromatic nitrogens is 2. The maximum absolute atomic E-state index is 5.34. The van der Waals surface area contributed by atoms with Gasteiger partial charge in [0.05, 0.1) is 11.4 Å². The minimum atomic E-state index is 0.730. The van der Waals surface area contributed by atoms with Gasteiger partial charge < -0.3 is 0 Å². The number of benzene rings is 9. The first-order chi connectivity index (χ1) is 26.3. The van der Waals surface area contributed by atoms with Crippen LogP contribution in [-0.4, -0.2) is 9.97 Å². The third-order valence-corrected chi connectivity index (χ3v) is 11.9. The Hall–Kier alpha value is -6.68. The molecule has 0 unspecified atom stereocenters. The first kappa shape index (κ1) is 30.0. The monoisotopic (exact) mass is 690 g/mol. The molecule has 0 aliphatic carbocycles. The third kappa shape index (κ3) is 4.86. The Balaban J connectivity index is 1.12. The van der Waals surface area contributed by atoms with Gasteiger partial charge in [-0.3, -0.25) is 0 Å². The SMILES string of the molecule is c1ccc(-c2cc(-c3ccccc3)nc(-c3c(-c4ccc(-c5ccc6ccc7cccc8ccc5c6c78)cc4)ccc4c3sc3ccccc34)n2)cc1. The Kier molecular flexibility index (Phi) is 6.76. The molecule has 2 heterocycles. The van der Waals surface area contributed by atoms with E-state index in [4.69, 9.17) is 9.97 Å². The van der Waals surface area contributed by atoms with E-state index in [0.29, 0.717) is 0 Å². The van der Waals surface area contributed by atoms with Crippen molar-refractivity contribution < 1.29 is 0 Å². The second-order valence-electron chi connectivity index (χ2n) is 13.7. The molecule has 246 valence electrons. The zero-order valence-electron chi connectivity index (χ0n) is 28.6. The van der Waals surface area contributed by atoms with Crippen LogP contribution in [-0.2, 0) is 0 Å². The fraction of sp³-hybridized carbons (Fsp3) is 0. The summed E-state index contributed by atoms with van der Waals surface area (Å²) in [6.07, 6.45) is 0. The molecule has 0 saturated heterocycles. The standard InChI is InChI=1S/C50H30N2S/c1-3-10-33(11-4-1)43-30-44(34-12-5-2-6-13-34)52-50(51-43)48-39(28-29-42-40-16-7-8-17-45(40)53-49(42)48)32-20-18-31(19-21-32)38-26-24-37-23-22-35-14-9-15-36-25-27-41(38)47(37)46(35)36/h1-30H. The van der Waals surface area contributed by atoms with Crippen molar-refractivity contribution >= 4 is 63.8 Å². The minimum absolute atomic E-state index is 0.730. The van der Waals surface area contributed by atoms with Crippen LogP contribution in [0.5, 0.6) is 0 Å². The molecule has 0 saturated carbocycles. The van der Waals surface area contributed by atoms with Crippen molar-refractivity contribution in [3.63, 3.8) is 0 Å². The minimum Gasteiger partial charge on any atom is -0.228 e. The van der Waals surface area contributed by atoms with Gasteiger partial charge in [-0.2, -0.15) is 0 Å². The molecule has 0 spiro atoms. The molecular weight excluding hydrogens is 661 g/mol. The second-order valence-corrected chi connectivity index (χ2v) is 14.8. The van der Waals surface area contributed by atoms with Crippen molar-refractivity contribution in [1.29, 1.82) is 0 Å². The lowest BCUT2D eigenvalue weighted by molar-refractivity contribution is 1.19. The molecule has 2 nitrogen and oxygen atoms in total. The first-order valence-corrected chi connectivity index (χ1v) is 18.8. The van der Waals surface area contributed by atoms with Crippen molar-refractivity contribution in [2.24, 2.45) is 0 Å². The van der Waals surface area contributed by atoms with Crippen LogP contribution in [0.3, 0.4) is 0 Å². The van der Waals surface area contributed by atoms with E-state index in [2.05, 4.69) is 170 Å². The summed E-state index contributed by atoms with van der Waals surface area (Å²) in [6.45, 7) is 0. The van der Waals surface area contributed by atoms with Gasteiger partial charge in [0.1, 0.15) is 0 Å². The lowest BCUT2D eigenvalue weighted by atomic mass is 9.89. The van der Waals surface area contributed by atoms with Gasteiger partial charge in [0, 0.05) is 36.9 Å². The van der Waals surface area contributed by atoms with Gasteiger partial charge in [-0.05, 0) is 66.7 Å². The number of fused-ring (bicyclic) bond motifs is 3. The van der Waals surface area contributed by atoms with Crippen molar-refractivity contribution in [3.05, 3.63) is 182 Å². The maximum Gasteiger partial charge on any atom is 0.162 e. The van der Waals surface area contributed by atoms with E-state index >= 15 is 0 Å². The van der Waals surface area contributed by atoms with Crippen molar-refractivity contribution in [1.82, 2.24) is 9.97 Å². The van der Waals surface area contributed by atoms with E-state index in [9.17, 15) is 0 Å². The molecule has 0 aliphatic heterocycles. The molecule has 3 heteroatoms. The van der Waals surface area contributed by atoms with Crippen LogP contribution in [0.4, 0.5) is 0 Å². The molecule has 0 radical (unpaired) electrons.